The molecule has 1 aromatic heterocycles. The highest BCUT2D eigenvalue weighted by atomic mass is 79.9. The average molecular weight is 487 g/mol. The van der Waals surface area contributed by atoms with Crippen LogP contribution in [0, 0.1) is 12.3 Å². The van der Waals surface area contributed by atoms with E-state index in [1.165, 1.54) is 5.56 Å². The van der Waals surface area contributed by atoms with Crippen molar-refractivity contribution in [2.24, 2.45) is 0 Å². The SMILES string of the molecule is C#CCOc1ccc2c(c1)c(-c1ccc(C(C)C)cc1)nc(=O)n2Cc1cccc(Br)c1. The fraction of sp³-hybridized carbons (Fsp3) is 0.185. The van der Waals surface area contributed by atoms with Crippen LogP contribution in [0.15, 0.2) is 76.0 Å². The quantitative estimate of drug-likeness (QED) is 0.313. The van der Waals surface area contributed by atoms with Gasteiger partial charge in [0.15, 0.2) is 0 Å². The van der Waals surface area contributed by atoms with Gasteiger partial charge in [-0.25, -0.2) is 4.79 Å². The van der Waals surface area contributed by atoms with Crippen LogP contribution in [-0.2, 0) is 6.54 Å². The minimum absolute atomic E-state index is 0.176. The predicted molar refractivity (Wildman–Crippen MR) is 133 cm³/mol. The van der Waals surface area contributed by atoms with Gasteiger partial charge in [-0.05, 0) is 47.4 Å². The summed E-state index contributed by atoms with van der Waals surface area (Å²) in [6, 6.07) is 21.7. The third-order valence-electron chi connectivity index (χ3n) is 5.35. The van der Waals surface area contributed by atoms with Gasteiger partial charge in [0, 0.05) is 15.4 Å². The molecule has 0 aliphatic carbocycles. The van der Waals surface area contributed by atoms with Gasteiger partial charge >= 0.3 is 5.69 Å². The minimum Gasteiger partial charge on any atom is -0.481 e. The molecule has 4 aromatic rings. The van der Waals surface area contributed by atoms with Crippen LogP contribution in [0.5, 0.6) is 5.75 Å². The number of terminal acetylenes is 1. The number of rotatable bonds is 6. The monoisotopic (exact) mass is 486 g/mol. The molecule has 160 valence electrons. The lowest BCUT2D eigenvalue weighted by atomic mass is 9.99. The van der Waals surface area contributed by atoms with Crippen LogP contribution in [-0.4, -0.2) is 16.2 Å². The molecule has 0 unspecified atom stereocenters. The predicted octanol–water partition coefficient (Wildman–Crippen LogP) is 6.01. The van der Waals surface area contributed by atoms with Crippen molar-refractivity contribution in [2.45, 2.75) is 26.3 Å². The lowest BCUT2D eigenvalue weighted by Crippen LogP contribution is -2.24. The van der Waals surface area contributed by atoms with Crippen molar-refractivity contribution in [2.75, 3.05) is 6.61 Å². The molecule has 5 heteroatoms. The fourth-order valence-electron chi connectivity index (χ4n) is 3.69. The van der Waals surface area contributed by atoms with Crippen LogP contribution in [0.4, 0.5) is 0 Å². The summed E-state index contributed by atoms with van der Waals surface area (Å²) < 4.78 is 8.30. The molecule has 0 saturated carbocycles. The van der Waals surface area contributed by atoms with E-state index in [1.807, 2.05) is 54.6 Å². The second kappa shape index (κ2) is 9.42. The Hall–Kier alpha value is -3.36. The molecule has 0 fully saturated rings. The van der Waals surface area contributed by atoms with Gasteiger partial charge < -0.3 is 4.74 Å². The number of aromatic nitrogens is 2. The highest BCUT2D eigenvalue weighted by Crippen LogP contribution is 2.30. The molecule has 0 amide bonds. The first-order valence-corrected chi connectivity index (χ1v) is 11.2. The van der Waals surface area contributed by atoms with E-state index in [4.69, 9.17) is 11.2 Å². The average Bonchev–Trinajstić information content (AvgIpc) is 2.79. The number of hydrogen-bond donors (Lipinski definition) is 0. The standard InChI is InChI=1S/C27H23BrN2O2/c1-4-14-32-23-12-13-25-24(16-23)26(21-10-8-20(9-11-21)18(2)3)29-27(31)30(25)17-19-6-5-7-22(28)15-19/h1,5-13,15-16,18H,14,17H2,2-3H3. The summed E-state index contributed by atoms with van der Waals surface area (Å²) in [7, 11) is 0. The number of benzene rings is 3. The Labute approximate surface area is 196 Å². The smallest absolute Gasteiger partial charge is 0.348 e. The van der Waals surface area contributed by atoms with Crippen LogP contribution in [0.3, 0.4) is 0 Å². The molecule has 0 aliphatic rings. The summed E-state index contributed by atoms with van der Waals surface area (Å²) in [6.07, 6.45) is 5.35. The highest BCUT2D eigenvalue weighted by Gasteiger charge is 2.14. The number of hydrogen-bond acceptors (Lipinski definition) is 3. The summed E-state index contributed by atoms with van der Waals surface area (Å²) in [5, 5.41) is 0.839. The third kappa shape index (κ3) is 4.61. The van der Waals surface area contributed by atoms with Crippen LogP contribution >= 0.6 is 15.9 Å². The van der Waals surface area contributed by atoms with E-state index >= 15 is 0 Å². The number of halogens is 1. The van der Waals surface area contributed by atoms with E-state index in [0.29, 0.717) is 23.9 Å². The molecule has 0 radical (unpaired) electrons. The van der Waals surface area contributed by atoms with E-state index in [-0.39, 0.29) is 12.3 Å². The Kier molecular flexibility index (Phi) is 6.43. The Balaban J connectivity index is 1.89. The summed E-state index contributed by atoms with van der Waals surface area (Å²) in [6.45, 7) is 4.90. The third-order valence-corrected chi connectivity index (χ3v) is 5.85. The maximum absolute atomic E-state index is 13.1. The lowest BCUT2D eigenvalue weighted by molar-refractivity contribution is 0.371. The molecular weight excluding hydrogens is 464 g/mol. The van der Waals surface area contributed by atoms with Crippen LogP contribution in [0.1, 0.15) is 30.9 Å². The molecule has 3 aromatic carbocycles. The van der Waals surface area contributed by atoms with Gasteiger partial charge in [0.05, 0.1) is 17.8 Å². The maximum atomic E-state index is 13.1. The van der Waals surface area contributed by atoms with E-state index in [1.54, 1.807) is 4.57 Å². The van der Waals surface area contributed by atoms with Crippen LogP contribution in [0.2, 0.25) is 0 Å². The van der Waals surface area contributed by atoms with Crippen molar-refractivity contribution in [1.29, 1.82) is 0 Å². The molecule has 32 heavy (non-hydrogen) atoms. The van der Waals surface area contributed by atoms with Gasteiger partial charge in [-0.1, -0.05) is 72.1 Å². The van der Waals surface area contributed by atoms with Gasteiger partial charge in [0.25, 0.3) is 0 Å². The van der Waals surface area contributed by atoms with E-state index in [2.05, 4.69) is 52.8 Å². The van der Waals surface area contributed by atoms with Gasteiger partial charge in [0.1, 0.15) is 12.4 Å². The van der Waals surface area contributed by atoms with E-state index in [0.717, 1.165) is 26.5 Å². The maximum Gasteiger partial charge on any atom is 0.348 e. The molecule has 0 atom stereocenters. The Morgan fingerprint density at radius 1 is 1.09 bits per heavy atom. The first-order valence-electron chi connectivity index (χ1n) is 10.4. The fourth-order valence-corrected chi connectivity index (χ4v) is 4.14. The zero-order valence-electron chi connectivity index (χ0n) is 18.0. The Bertz CT molecular complexity index is 1370. The van der Waals surface area contributed by atoms with Gasteiger partial charge in [-0.15, -0.1) is 6.42 Å². The van der Waals surface area contributed by atoms with Gasteiger partial charge in [0.2, 0.25) is 0 Å². The van der Waals surface area contributed by atoms with Crippen molar-refractivity contribution in [3.63, 3.8) is 0 Å². The number of ether oxygens (including phenoxy) is 1. The molecule has 4 rings (SSSR count). The first-order chi connectivity index (χ1) is 15.5. The van der Waals surface area contributed by atoms with Crippen LogP contribution < -0.4 is 10.4 Å². The van der Waals surface area contributed by atoms with Gasteiger partial charge in [-0.2, -0.15) is 4.98 Å². The molecule has 4 nitrogen and oxygen atoms in total. The topological polar surface area (TPSA) is 44.1 Å². The van der Waals surface area contributed by atoms with Crippen molar-refractivity contribution in [3.8, 4) is 29.4 Å². The van der Waals surface area contributed by atoms with Crippen molar-refractivity contribution < 1.29 is 4.74 Å². The summed E-state index contributed by atoms with van der Waals surface area (Å²) in [5.74, 6) is 3.56. The zero-order chi connectivity index (χ0) is 22.7. The number of fused-ring (bicyclic) bond motifs is 1. The summed E-state index contributed by atoms with van der Waals surface area (Å²) >= 11 is 3.50. The molecule has 0 aliphatic heterocycles. The molecule has 0 spiro atoms. The minimum atomic E-state index is -0.294. The number of nitrogens with zero attached hydrogens (tertiary/aromatic N) is 2. The van der Waals surface area contributed by atoms with Crippen molar-refractivity contribution in [3.05, 3.63) is 92.8 Å². The van der Waals surface area contributed by atoms with Crippen LogP contribution in [0.25, 0.3) is 22.2 Å². The van der Waals surface area contributed by atoms with E-state index < -0.39 is 0 Å². The molecule has 0 N–H and O–H groups in total. The Morgan fingerprint density at radius 2 is 1.88 bits per heavy atom. The Morgan fingerprint density at radius 3 is 2.56 bits per heavy atom. The second-order valence-corrected chi connectivity index (χ2v) is 8.82. The van der Waals surface area contributed by atoms with E-state index in [9.17, 15) is 4.79 Å². The largest absolute Gasteiger partial charge is 0.481 e. The molecule has 0 bridgehead atoms. The molecular formula is C27H23BrN2O2. The molecule has 0 saturated heterocycles. The first kappa shape index (κ1) is 21.9. The van der Waals surface area contributed by atoms with Crippen molar-refractivity contribution in [1.82, 2.24) is 9.55 Å². The van der Waals surface area contributed by atoms with Crippen molar-refractivity contribution >= 4 is 26.8 Å². The normalized spacial score (nSPS) is 11.0. The lowest BCUT2D eigenvalue weighted by Gasteiger charge is -2.15. The summed E-state index contributed by atoms with van der Waals surface area (Å²) in [5.41, 5.74) is 4.26. The second-order valence-electron chi connectivity index (χ2n) is 7.91. The summed E-state index contributed by atoms with van der Waals surface area (Å²) in [4.78, 5) is 17.6. The zero-order valence-corrected chi connectivity index (χ0v) is 19.6. The molecule has 1 heterocycles. The highest BCUT2D eigenvalue weighted by molar-refractivity contribution is 9.10. The van der Waals surface area contributed by atoms with Gasteiger partial charge in [-0.3, -0.25) is 4.57 Å².